The fraction of sp³-hybridized carbons (Fsp3) is 0.600. The van der Waals surface area contributed by atoms with Gasteiger partial charge in [0.1, 0.15) is 5.82 Å². The second-order valence-corrected chi connectivity index (χ2v) is 3.15. The van der Waals surface area contributed by atoms with Crippen LogP contribution < -0.4 is 10.6 Å². The molecule has 0 fully saturated rings. The normalized spacial score (nSPS) is 10.3. The molecule has 1 aromatic heterocycles. The first kappa shape index (κ1) is 11.9. The Morgan fingerprint density at radius 2 is 2.27 bits per heavy atom. The highest BCUT2D eigenvalue weighted by atomic mass is 16.5. The first-order valence-corrected chi connectivity index (χ1v) is 5.06. The van der Waals surface area contributed by atoms with Crippen LogP contribution in [0.25, 0.3) is 0 Å². The molecule has 5 nitrogen and oxygen atoms in total. The molecule has 0 aliphatic rings. The number of methoxy groups -OCH3 is 1. The number of hydrogen-bond acceptors (Lipinski definition) is 5. The first-order valence-electron chi connectivity index (χ1n) is 5.06. The summed E-state index contributed by atoms with van der Waals surface area (Å²) in [6.45, 7) is 4.87. The van der Waals surface area contributed by atoms with Crippen molar-refractivity contribution in [3.05, 3.63) is 18.1 Å². The van der Waals surface area contributed by atoms with E-state index in [2.05, 4.69) is 21.8 Å². The van der Waals surface area contributed by atoms with E-state index in [1.807, 2.05) is 0 Å². The van der Waals surface area contributed by atoms with E-state index < -0.39 is 0 Å². The molecule has 84 valence electrons. The van der Waals surface area contributed by atoms with E-state index in [1.165, 1.54) is 0 Å². The van der Waals surface area contributed by atoms with Crippen LogP contribution in [0, 0.1) is 0 Å². The lowest BCUT2D eigenvalue weighted by Crippen LogP contribution is -2.28. The van der Waals surface area contributed by atoms with Gasteiger partial charge in [0, 0.05) is 32.9 Å². The summed E-state index contributed by atoms with van der Waals surface area (Å²) < 4.78 is 5.04. The maximum absolute atomic E-state index is 5.51. The molecule has 15 heavy (non-hydrogen) atoms. The second kappa shape index (κ2) is 6.31. The predicted octanol–water partition coefficient (Wildman–Crippen LogP) is 0.408. The summed E-state index contributed by atoms with van der Waals surface area (Å²) in [5, 5.41) is 0. The highest BCUT2D eigenvalue weighted by Gasteiger charge is 2.06. The molecule has 1 heterocycles. The summed E-state index contributed by atoms with van der Waals surface area (Å²) in [5.41, 5.74) is 6.32. The standard InChI is InChI=1S/C10H18N4O/c1-3-14(4-5-15-2)10-8-12-7-9(6-11)13-10/h7-8H,3-6,11H2,1-2H3. The van der Waals surface area contributed by atoms with Crippen LogP contribution in [-0.4, -0.2) is 36.8 Å². The highest BCUT2D eigenvalue weighted by molar-refractivity contribution is 5.35. The third-order valence-electron chi connectivity index (χ3n) is 2.15. The zero-order chi connectivity index (χ0) is 11.1. The van der Waals surface area contributed by atoms with Crippen molar-refractivity contribution in [2.45, 2.75) is 13.5 Å². The lowest BCUT2D eigenvalue weighted by Gasteiger charge is -2.21. The zero-order valence-electron chi connectivity index (χ0n) is 9.31. The molecule has 2 N–H and O–H groups in total. The van der Waals surface area contributed by atoms with Crippen LogP contribution in [0.15, 0.2) is 12.4 Å². The number of rotatable bonds is 6. The number of nitrogens with zero attached hydrogens (tertiary/aromatic N) is 3. The third-order valence-corrected chi connectivity index (χ3v) is 2.15. The van der Waals surface area contributed by atoms with Crippen LogP contribution in [0.3, 0.4) is 0 Å². The maximum Gasteiger partial charge on any atom is 0.147 e. The van der Waals surface area contributed by atoms with Crippen molar-refractivity contribution in [2.75, 3.05) is 31.7 Å². The Bertz CT molecular complexity index is 293. The Morgan fingerprint density at radius 3 is 2.87 bits per heavy atom. The Morgan fingerprint density at radius 1 is 1.47 bits per heavy atom. The number of hydrogen-bond donors (Lipinski definition) is 1. The minimum atomic E-state index is 0.419. The lowest BCUT2D eigenvalue weighted by molar-refractivity contribution is 0.205. The Kier molecular flexibility index (Phi) is 5.00. The van der Waals surface area contributed by atoms with E-state index in [0.29, 0.717) is 13.2 Å². The molecule has 1 aromatic rings. The quantitative estimate of drug-likeness (QED) is 0.736. The number of nitrogens with two attached hydrogens (primary N) is 1. The molecule has 1 rings (SSSR count). The van der Waals surface area contributed by atoms with Crippen LogP contribution in [0.1, 0.15) is 12.6 Å². The van der Waals surface area contributed by atoms with E-state index in [-0.39, 0.29) is 0 Å². The van der Waals surface area contributed by atoms with Gasteiger partial charge in [-0.15, -0.1) is 0 Å². The minimum absolute atomic E-state index is 0.419. The van der Waals surface area contributed by atoms with Crippen molar-refractivity contribution < 1.29 is 4.74 Å². The van der Waals surface area contributed by atoms with Crippen LogP contribution in [0.5, 0.6) is 0 Å². The van der Waals surface area contributed by atoms with E-state index >= 15 is 0 Å². The summed E-state index contributed by atoms with van der Waals surface area (Å²) in [4.78, 5) is 10.6. The summed E-state index contributed by atoms with van der Waals surface area (Å²) >= 11 is 0. The summed E-state index contributed by atoms with van der Waals surface area (Å²) in [6, 6.07) is 0. The van der Waals surface area contributed by atoms with Gasteiger partial charge in [-0.3, -0.25) is 4.98 Å². The number of ether oxygens (including phenoxy) is 1. The van der Waals surface area contributed by atoms with Crippen molar-refractivity contribution in [1.29, 1.82) is 0 Å². The molecule has 0 atom stereocenters. The number of anilines is 1. The fourth-order valence-electron chi connectivity index (χ4n) is 1.28. The smallest absolute Gasteiger partial charge is 0.147 e. The van der Waals surface area contributed by atoms with Gasteiger partial charge in [0.05, 0.1) is 18.5 Å². The van der Waals surface area contributed by atoms with E-state index in [4.69, 9.17) is 10.5 Å². The summed E-state index contributed by atoms with van der Waals surface area (Å²) in [6.07, 6.45) is 3.44. The van der Waals surface area contributed by atoms with Crippen molar-refractivity contribution in [3.8, 4) is 0 Å². The van der Waals surface area contributed by atoms with E-state index in [1.54, 1.807) is 19.5 Å². The lowest BCUT2D eigenvalue weighted by atomic mass is 10.4. The highest BCUT2D eigenvalue weighted by Crippen LogP contribution is 2.08. The molecule has 0 unspecified atom stereocenters. The largest absolute Gasteiger partial charge is 0.383 e. The van der Waals surface area contributed by atoms with Crippen molar-refractivity contribution in [3.63, 3.8) is 0 Å². The zero-order valence-corrected chi connectivity index (χ0v) is 9.31. The van der Waals surface area contributed by atoms with Gasteiger partial charge in [0.15, 0.2) is 0 Å². The first-order chi connectivity index (χ1) is 7.31. The van der Waals surface area contributed by atoms with E-state index in [9.17, 15) is 0 Å². The van der Waals surface area contributed by atoms with Gasteiger partial charge in [-0.25, -0.2) is 4.98 Å². The number of aromatic nitrogens is 2. The Labute approximate surface area is 90.3 Å². The number of likely N-dealkylation sites (N-methyl/N-ethyl adjacent to an activating group) is 1. The van der Waals surface area contributed by atoms with Gasteiger partial charge >= 0.3 is 0 Å². The predicted molar refractivity (Wildman–Crippen MR) is 59.7 cm³/mol. The van der Waals surface area contributed by atoms with Gasteiger partial charge in [0.25, 0.3) is 0 Å². The maximum atomic E-state index is 5.51. The van der Waals surface area contributed by atoms with Gasteiger partial charge in [-0.2, -0.15) is 0 Å². The van der Waals surface area contributed by atoms with Crippen LogP contribution in [0.4, 0.5) is 5.82 Å². The van der Waals surface area contributed by atoms with Gasteiger partial charge < -0.3 is 15.4 Å². The molecular formula is C10H18N4O. The summed E-state index contributed by atoms with van der Waals surface area (Å²) in [7, 11) is 1.69. The van der Waals surface area contributed by atoms with Crippen LogP contribution in [-0.2, 0) is 11.3 Å². The SMILES string of the molecule is CCN(CCOC)c1cncc(CN)n1. The van der Waals surface area contributed by atoms with Crippen LogP contribution in [0.2, 0.25) is 0 Å². The van der Waals surface area contributed by atoms with Crippen molar-refractivity contribution in [1.82, 2.24) is 9.97 Å². The monoisotopic (exact) mass is 210 g/mol. The van der Waals surface area contributed by atoms with Gasteiger partial charge in [0.2, 0.25) is 0 Å². The molecule has 0 aromatic carbocycles. The van der Waals surface area contributed by atoms with E-state index in [0.717, 1.165) is 24.6 Å². The fourth-order valence-corrected chi connectivity index (χ4v) is 1.28. The average Bonchev–Trinajstić information content (AvgIpc) is 2.30. The Hall–Kier alpha value is -1.20. The van der Waals surface area contributed by atoms with Crippen molar-refractivity contribution in [2.24, 2.45) is 5.73 Å². The minimum Gasteiger partial charge on any atom is -0.383 e. The molecule has 0 aliphatic heterocycles. The van der Waals surface area contributed by atoms with Crippen LogP contribution >= 0.6 is 0 Å². The second-order valence-electron chi connectivity index (χ2n) is 3.15. The molecule has 0 saturated heterocycles. The molecule has 0 bridgehead atoms. The average molecular weight is 210 g/mol. The summed E-state index contributed by atoms with van der Waals surface area (Å²) in [5.74, 6) is 0.859. The van der Waals surface area contributed by atoms with Crippen molar-refractivity contribution >= 4 is 5.82 Å². The third kappa shape index (κ3) is 3.45. The molecule has 0 amide bonds. The molecule has 0 aliphatic carbocycles. The molecule has 0 saturated carbocycles. The Balaban J connectivity index is 2.72. The molecule has 5 heteroatoms. The topological polar surface area (TPSA) is 64.3 Å². The molecule has 0 spiro atoms. The molecular weight excluding hydrogens is 192 g/mol. The van der Waals surface area contributed by atoms with Gasteiger partial charge in [-0.1, -0.05) is 0 Å². The molecule has 0 radical (unpaired) electrons. The van der Waals surface area contributed by atoms with Gasteiger partial charge in [-0.05, 0) is 6.92 Å².